The Labute approximate surface area is 110 Å². The zero-order valence-corrected chi connectivity index (χ0v) is 11.7. The first-order valence-corrected chi connectivity index (χ1v) is 6.51. The van der Waals surface area contributed by atoms with Gasteiger partial charge in [-0.25, -0.2) is 0 Å². The number of hydrogen-bond donors (Lipinski definition) is 1. The SMILES string of the molecule is COCCNCC(COC)Cc1ccccc1C. The second-order valence-electron chi connectivity index (χ2n) is 4.65. The smallest absolute Gasteiger partial charge is 0.0587 e. The lowest BCUT2D eigenvalue weighted by Gasteiger charge is -2.18. The van der Waals surface area contributed by atoms with Gasteiger partial charge in [-0.3, -0.25) is 0 Å². The highest BCUT2D eigenvalue weighted by Gasteiger charge is 2.10. The molecule has 0 aliphatic rings. The molecule has 0 saturated heterocycles. The molecule has 1 aromatic rings. The van der Waals surface area contributed by atoms with E-state index in [4.69, 9.17) is 9.47 Å². The van der Waals surface area contributed by atoms with E-state index >= 15 is 0 Å². The van der Waals surface area contributed by atoms with Crippen LogP contribution in [0.5, 0.6) is 0 Å². The van der Waals surface area contributed by atoms with Crippen molar-refractivity contribution >= 4 is 0 Å². The molecule has 0 fully saturated rings. The van der Waals surface area contributed by atoms with Gasteiger partial charge in [0, 0.05) is 27.3 Å². The highest BCUT2D eigenvalue weighted by Crippen LogP contribution is 2.13. The van der Waals surface area contributed by atoms with Crippen molar-refractivity contribution in [2.24, 2.45) is 5.92 Å². The lowest BCUT2D eigenvalue weighted by atomic mass is 9.96. The topological polar surface area (TPSA) is 30.5 Å². The summed E-state index contributed by atoms with van der Waals surface area (Å²) in [6.07, 6.45) is 1.06. The summed E-state index contributed by atoms with van der Waals surface area (Å²) >= 11 is 0. The summed E-state index contributed by atoms with van der Waals surface area (Å²) in [6.45, 7) is 5.56. The van der Waals surface area contributed by atoms with Crippen molar-refractivity contribution in [2.75, 3.05) is 40.5 Å². The predicted octanol–water partition coefficient (Wildman–Crippen LogP) is 2.04. The van der Waals surface area contributed by atoms with Crippen LogP contribution in [0.2, 0.25) is 0 Å². The Kier molecular flexibility index (Phi) is 7.65. The van der Waals surface area contributed by atoms with Crippen LogP contribution in [-0.2, 0) is 15.9 Å². The van der Waals surface area contributed by atoms with Crippen LogP contribution in [0.3, 0.4) is 0 Å². The molecular formula is C15H25NO2. The van der Waals surface area contributed by atoms with Crippen LogP contribution >= 0.6 is 0 Å². The fourth-order valence-corrected chi connectivity index (χ4v) is 2.06. The standard InChI is InChI=1S/C15H25NO2/c1-13-6-4-5-7-15(13)10-14(12-18-3)11-16-8-9-17-2/h4-7,14,16H,8-12H2,1-3H3. The van der Waals surface area contributed by atoms with Gasteiger partial charge in [0.2, 0.25) is 0 Å². The Hall–Kier alpha value is -0.900. The van der Waals surface area contributed by atoms with Crippen molar-refractivity contribution in [3.05, 3.63) is 35.4 Å². The fourth-order valence-electron chi connectivity index (χ4n) is 2.06. The van der Waals surface area contributed by atoms with Crippen molar-refractivity contribution in [1.82, 2.24) is 5.32 Å². The first-order valence-electron chi connectivity index (χ1n) is 6.51. The van der Waals surface area contributed by atoms with Gasteiger partial charge in [0.15, 0.2) is 0 Å². The number of aryl methyl sites for hydroxylation is 1. The van der Waals surface area contributed by atoms with Crippen LogP contribution in [0.25, 0.3) is 0 Å². The van der Waals surface area contributed by atoms with Crippen molar-refractivity contribution in [1.29, 1.82) is 0 Å². The number of rotatable bonds is 9. The van der Waals surface area contributed by atoms with Crippen molar-refractivity contribution < 1.29 is 9.47 Å². The molecule has 0 aromatic heterocycles. The molecule has 1 aromatic carbocycles. The lowest BCUT2D eigenvalue weighted by molar-refractivity contribution is 0.147. The van der Waals surface area contributed by atoms with E-state index in [1.165, 1.54) is 11.1 Å². The first kappa shape index (κ1) is 15.2. The van der Waals surface area contributed by atoms with Crippen LogP contribution < -0.4 is 5.32 Å². The van der Waals surface area contributed by atoms with E-state index in [1.54, 1.807) is 14.2 Å². The maximum Gasteiger partial charge on any atom is 0.0587 e. The minimum absolute atomic E-state index is 0.507. The number of nitrogens with one attached hydrogen (secondary N) is 1. The average Bonchev–Trinajstić information content (AvgIpc) is 2.37. The maximum atomic E-state index is 5.30. The number of ether oxygens (including phenoxy) is 2. The van der Waals surface area contributed by atoms with Gasteiger partial charge in [-0.05, 0) is 30.4 Å². The average molecular weight is 251 g/mol. The number of benzene rings is 1. The molecule has 3 nitrogen and oxygen atoms in total. The molecule has 0 bridgehead atoms. The Bertz CT molecular complexity index is 328. The minimum Gasteiger partial charge on any atom is -0.384 e. The molecule has 0 amide bonds. The van der Waals surface area contributed by atoms with Crippen molar-refractivity contribution in [3.8, 4) is 0 Å². The fraction of sp³-hybridized carbons (Fsp3) is 0.600. The molecule has 102 valence electrons. The minimum atomic E-state index is 0.507. The van der Waals surface area contributed by atoms with Gasteiger partial charge < -0.3 is 14.8 Å². The molecule has 0 heterocycles. The molecule has 1 rings (SSSR count). The molecule has 0 aliphatic carbocycles. The van der Waals surface area contributed by atoms with Crippen LogP contribution in [0, 0.1) is 12.8 Å². The van der Waals surface area contributed by atoms with E-state index in [0.717, 1.165) is 32.7 Å². The zero-order valence-electron chi connectivity index (χ0n) is 11.7. The zero-order chi connectivity index (χ0) is 13.2. The van der Waals surface area contributed by atoms with E-state index in [1.807, 2.05) is 0 Å². The highest BCUT2D eigenvalue weighted by atomic mass is 16.5. The van der Waals surface area contributed by atoms with Crippen LogP contribution in [0.15, 0.2) is 24.3 Å². The second-order valence-corrected chi connectivity index (χ2v) is 4.65. The van der Waals surface area contributed by atoms with E-state index in [-0.39, 0.29) is 0 Å². The second kappa shape index (κ2) is 9.09. The van der Waals surface area contributed by atoms with Crippen molar-refractivity contribution in [3.63, 3.8) is 0 Å². The molecular weight excluding hydrogens is 226 g/mol. The largest absolute Gasteiger partial charge is 0.384 e. The molecule has 1 unspecified atom stereocenters. The highest BCUT2D eigenvalue weighted by molar-refractivity contribution is 5.25. The molecule has 3 heteroatoms. The van der Waals surface area contributed by atoms with Gasteiger partial charge in [-0.15, -0.1) is 0 Å². The Balaban J connectivity index is 2.44. The van der Waals surface area contributed by atoms with Gasteiger partial charge >= 0.3 is 0 Å². The normalized spacial score (nSPS) is 12.6. The number of hydrogen-bond acceptors (Lipinski definition) is 3. The van der Waals surface area contributed by atoms with Gasteiger partial charge in [-0.1, -0.05) is 24.3 Å². The first-order chi connectivity index (χ1) is 8.77. The number of methoxy groups -OCH3 is 2. The summed E-state index contributed by atoms with van der Waals surface area (Å²) < 4.78 is 10.3. The van der Waals surface area contributed by atoms with Crippen LogP contribution in [0.4, 0.5) is 0 Å². The van der Waals surface area contributed by atoms with Crippen molar-refractivity contribution in [2.45, 2.75) is 13.3 Å². The van der Waals surface area contributed by atoms with Gasteiger partial charge in [0.05, 0.1) is 13.2 Å². The van der Waals surface area contributed by atoms with E-state index < -0.39 is 0 Å². The summed E-state index contributed by atoms with van der Waals surface area (Å²) in [7, 11) is 3.49. The molecule has 0 aliphatic heterocycles. The van der Waals surface area contributed by atoms with Gasteiger partial charge in [0.25, 0.3) is 0 Å². The molecule has 0 radical (unpaired) electrons. The van der Waals surface area contributed by atoms with E-state index in [9.17, 15) is 0 Å². The molecule has 1 atom stereocenters. The third kappa shape index (κ3) is 5.63. The maximum absolute atomic E-state index is 5.30. The summed E-state index contributed by atoms with van der Waals surface area (Å²) in [5, 5.41) is 3.41. The third-order valence-electron chi connectivity index (χ3n) is 3.09. The summed E-state index contributed by atoms with van der Waals surface area (Å²) in [5.41, 5.74) is 2.77. The monoisotopic (exact) mass is 251 g/mol. The van der Waals surface area contributed by atoms with Gasteiger partial charge in [-0.2, -0.15) is 0 Å². The van der Waals surface area contributed by atoms with Crippen LogP contribution in [0.1, 0.15) is 11.1 Å². The molecule has 1 N–H and O–H groups in total. The van der Waals surface area contributed by atoms with Crippen LogP contribution in [-0.4, -0.2) is 40.5 Å². The van der Waals surface area contributed by atoms with E-state index in [2.05, 4.69) is 36.5 Å². The Morgan fingerprint density at radius 3 is 2.61 bits per heavy atom. The summed E-state index contributed by atoms with van der Waals surface area (Å²) in [5.74, 6) is 0.507. The van der Waals surface area contributed by atoms with E-state index in [0.29, 0.717) is 5.92 Å². The predicted molar refractivity (Wildman–Crippen MR) is 75.0 cm³/mol. The Morgan fingerprint density at radius 1 is 1.17 bits per heavy atom. The summed E-state index contributed by atoms with van der Waals surface area (Å²) in [6, 6.07) is 8.55. The molecule has 0 spiro atoms. The third-order valence-corrected chi connectivity index (χ3v) is 3.09. The molecule has 0 saturated carbocycles. The molecule has 18 heavy (non-hydrogen) atoms. The van der Waals surface area contributed by atoms with Gasteiger partial charge in [0.1, 0.15) is 0 Å². The summed E-state index contributed by atoms with van der Waals surface area (Å²) in [4.78, 5) is 0. The lowest BCUT2D eigenvalue weighted by Crippen LogP contribution is -2.29. The Morgan fingerprint density at radius 2 is 1.94 bits per heavy atom. The quantitative estimate of drug-likeness (QED) is 0.681.